The van der Waals surface area contributed by atoms with Crippen LogP contribution in [0.5, 0.6) is 0 Å². The van der Waals surface area contributed by atoms with E-state index in [-0.39, 0.29) is 0 Å². The maximum absolute atomic E-state index is 3.50. The average molecular weight is 533 g/mol. The van der Waals surface area contributed by atoms with Crippen molar-refractivity contribution < 1.29 is 0 Å². The molecule has 7 aromatic rings. The highest BCUT2D eigenvalue weighted by Gasteiger charge is 2.28. The highest BCUT2D eigenvalue weighted by atomic mass is 14.3. The van der Waals surface area contributed by atoms with E-state index in [9.17, 15) is 0 Å². The minimum absolute atomic E-state index is 1.02. The molecule has 0 atom stereocenters. The smallest absolute Gasteiger partial charge is 0.000741 e. The zero-order chi connectivity index (χ0) is 28.1. The maximum Gasteiger partial charge on any atom is -0.000741 e. The summed E-state index contributed by atoms with van der Waals surface area (Å²) in [5.74, 6) is 0. The van der Waals surface area contributed by atoms with Gasteiger partial charge in [-0.3, -0.25) is 0 Å². The molecule has 7 aromatic carbocycles. The number of benzene rings is 7. The van der Waals surface area contributed by atoms with Crippen LogP contribution in [0.4, 0.5) is 0 Å². The van der Waals surface area contributed by atoms with Gasteiger partial charge in [0.05, 0.1) is 0 Å². The second-order valence-corrected chi connectivity index (χ2v) is 10.3. The van der Waals surface area contributed by atoms with Crippen molar-refractivity contribution in [2.24, 2.45) is 0 Å². The summed E-state index contributed by atoms with van der Waals surface area (Å²) in [6.45, 7) is 0. The first-order valence-corrected chi connectivity index (χ1v) is 14.3. The van der Waals surface area contributed by atoms with Crippen LogP contribution in [0, 0.1) is 12.1 Å². The van der Waals surface area contributed by atoms with Gasteiger partial charge in [-0.2, -0.15) is 0 Å². The van der Waals surface area contributed by atoms with E-state index in [0.717, 1.165) is 22.3 Å². The second-order valence-electron chi connectivity index (χ2n) is 10.3. The van der Waals surface area contributed by atoms with Crippen molar-refractivity contribution in [2.75, 3.05) is 0 Å². The van der Waals surface area contributed by atoms with Gasteiger partial charge in [-0.05, 0) is 78.9 Å². The molecule has 0 amide bonds. The molecule has 196 valence electrons. The summed E-state index contributed by atoms with van der Waals surface area (Å²) in [7, 11) is 0. The molecule has 0 heterocycles. The first-order valence-electron chi connectivity index (χ1n) is 14.3. The molecular formula is C42H28. The molecule has 0 aliphatic heterocycles. The van der Waals surface area contributed by atoms with Gasteiger partial charge in [0.25, 0.3) is 0 Å². The van der Waals surface area contributed by atoms with E-state index in [2.05, 4.69) is 176 Å². The van der Waals surface area contributed by atoms with Gasteiger partial charge >= 0.3 is 0 Å². The zero-order valence-corrected chi connectivity index (χ0v) is 23.2. The molecule has 0 saturated carbocycles. The quantitative estimate of drug-likeness (QED) is 0.200. The molecule has 2 radical (unpaired) electrons. The summed E-state index contributed by atoms with van der Waals surface area (Å²) in [4.78, 5) is 0. The molecule has 7 rings (SSSR count). The molecule has 0 nitrogen and oxygen atoms in total. The SMILES string of the molecule is [c]1[c]c(-c2c(-c3ccccc3)c(-c3ccccc3)c(-c3ccccc3)c(-c3ccccc3)c2-c2ccccc2)ccc1. The molecule has 0 unspecified atom stereocenters. The van der Waals surface area contributed by atoms with E-state index in [0.29, 0.717) is 0 Å². The zero-order valence-electron chi connectivity index (χ0n) is 23.2. The molecule has 0 heteroatoms. The van der Waals surface area contributed by atoms with Gasteiger partial charge in [-0.15, -0.1) is 0 Å². The predicted molar refractivity (Wildman–Crippen MR) is 177 cm³/mol. The van der Waals surface area contributed by atoms with Crippen molar-refractivity contribution in [1.29, 1.82) is 0 Å². The summed E-state index contributed by atoms with van der Waals surface area (Å²) >= 11 is 0. The van der Waals surface area contributed by atoms with Gasteiger partial charge in [-0.25, -0.2) is 0 Å². The lowest BCUT2D eigenvalue weighted by Crippen LogP contribution is -2.02. The second kappa shape index (κ2) is 11.6. The maximum atomic E-state index is 3.50. The third-order valence-electron chi connectivity index (χ3n) is 7.73. The minimum Gasteiger partial charge on any atom is -0.0622 e. The van der Waals surface area contributed by atoms with Crippen LogP contribution in [-0.2, 0) is 0 Å². The van der Waals surface area contributed by atoms with Crippen molar-refractivity contribution in [3.05, 3.63) is 182 Å². The van der Waals surface area contributed by atoms with Crippen LogP contribution in [0.25, 0.3) is 66.8 Å². The van der Waals surface area contributed by atoms with Crippen molar-refractivity contribution in [3.63, 3.8) is 0 Å². The number of rotatable bonds is 6. The Hall–Kier alpha value is -5.46. The Morgan fingerprint density at radius 3 is 0.810 bits per heavy atom. The highest BCUT2D eigenvalue weighted by Crippen LogP contribution is 2.55. The van der Waals surface area contributed by atoms with Crippen molar-refractivity contribution in [3.8, 4) is 66.8 Å². The van der Waals surface area contributed by atoms with Crippen LogP contribution in [0.15, 0.2) is 170 Å². The summed E-state index contributed by atoms with van der Waals surface area (Å²) in [6.07, 6.45) is 0. The van der Waals surface area contributed by atoms with Crippen molar-refractivity contribution >= 4 is 0 Å². The molecule has 0 aliphatic carbocycles. The van der Waals surface area contributed by atoms with Crippen LogP contribution in [0.1, 0.15) is 0 Å². The third kappa shape index (κ3) is 4.74. The molecular weight excluding hydrogens is 504 g/mol. The molecule has 42 heavy (non-hydrogen) atoms. The fraction of sp³-hybridized carbons (Fsp3) is 0. The molecule has 0 bridgehead atoms. The molecule has 0 saturated heterocycles. The minimum atomic E-state index is 1.02. The number of hydrogen-bond donors (Lipinski definition) is 0. The Bertz CT molecular complexity index is 1510. The van der Waals surface area contributed by atoms with Gasteiger partial charge in [0.15, 0.2) is 0 Å². The summed E-state index contributed by atoms with van der Waals surface area (Å²) in [5, 5.41) is 0. The van der Waals surface area contributed by atoms with E-state index in [1.807, 2.05) is 6.07 Å². The Kier molecular flexibility index (Phi) is 7.02. The summed E-state index contributed by atoms with van der Waals surface area (Å²) in [6, 6.07) is 67.0. The van der Waals surface area contributed by atoms with E-state index in [1.165, 1.54) is 44.5 Å². The largest absolute Gasteiger partial charge is 0.0622 e. The van der Waals surface area contributed by atoms with Gasteiger partial charge in [0.1, 0.15) is 0 Å². The summed E-state index contributed by atoms with van der Waals surface area (Å²) < 4.78 is 0. The summed E-state index contributed by atoms with van der Waals surface area (Å²) in [5.41, 5.74) is 14.0. The topological polar surface area (TPSA) is 0 Å². The average Bonchev–Trinajstić information content (AvgIpc) is 3.09. The Balaban J connectivity index is 1.81. The molecule has 0 fully saturated rings. The van der Waals surface area contributed by atoms with Crippen LogP contribution in [0.3, 0.4) is 0 Å². The first kappa shape index (κ1) is 25.5. The van der Waals surface area contributed by atoms with Gasteiger partial charge in [-0.1, -0.05) is 170 Å². The van der Waals surface area contributed by atoms with E-state index in [4.69, 9.17) is 0 Å². The standard InChI is InChI=1S/C42H28/c1-7-19-31(20-8-1)37-38(32-21-9-2-10-22-32)40(34-25-13-4-14-26-34)42(36-29-17-6-18-30-36)41(35-27-15-5-16-28-35)39(37)33-23-11-3-12-24-33/h1-17,19-29H. The molecule has 0 N–H and O–H groups in total. The normalized spacial score (nSPS) is 10.9. The Morgan fingerprint density at radius 2 is 0.548 bits per heavy atom. The predicted octanol–water partition coefficient (Wildman–Crippen LogP) is 11.3. The lowest BCUT2D eigenvalue weighted by molar-refractivity contribution is 1.51. The first-order chi connectivity index (χ1) is 20.9. The molecule has 0 spiro atoms. The van der Waals surface area contributed by atoms with Crippen molar-refractivity contribution in [2.45, 2.75) is 0 Å². The van der Waals surface area contributed by atoms with Gasteiger partial charge in [0, 0.05) is 0 Å². The van der Waals surface area contributed by atoms with E-state index < -0.39 is 0 Å². The van der Waals surface area contributed by atoms with Gasteiger partial charge < -0.3 is 0 Å². The fourth-order valence-corrected chi connectivity index (χ4v) is 5.99. The van der Waals surface area contributed by atoms with E-state index >= 15 is 0 Å². The number of hydrogen-bond acceptors (Lipinski definition) is 0. The Morgan fingerprint density at radius 1 is 0.262 bits per heavy atom. The lowest BCUT2D eigenvalue weighted by atomic mass is 9.74. The monoisotopic (exact) mass is 532 g/mol. The van der Waals surface area contributed by atoms with Gasteiger partial charge in [0.2, 0.25) is 0 Å². The lowest BCUT2D eigenvalue weighted by Gasteiger charge is -2.28. The highest BCUT2D eigenvalue weighted by molar-refractivity contribution is 6.14. The molecule has 0 aromatic heterocycles. The van der Waals surface area contributed by atoms with E-state index in [1.54, 1.807) is 0 Å². The Labute approximate surface area is 248 Å². The van der Waals surface area contributed by atoms with Crippen molar-refractivity contribution in [1.82, 2.24) is 0 Å². The van der Waals surface area contributed by atoms with Crippen LogP contribution >= 0.6 is 0 Å². The van der Waals surface area contributed by atoms with Crippen LogP contribution in [0.2, 0.25) is 0 Å². The van der Waals surface area contributed by atoms with Crippen LogP contribution < -0.4 is 0 Å². The fourth-order valence-electron chi connectivity index (χ4n) is 5.99. The molecule has 0 aliphatic rings. The third-order valence-corrected chi connectivity index (χ3v) is 7.73. The van der Waals surface area contributed by atoms with Crippen LogP contribution in [-0.4, -0.2) is 0 Å².